The van der Waals surface area contributed by atoms with Crippen LogP contribution in [0.4, 0.5) is 4.39 Å². The number of hydrogen-bond donors (Lipinski definition) is 1. The second-order valence-corrected chi connectivity index (χ2v) is 5.80. The standard InChI is InChI=1S/C14H19ClFN/c1-10(2)17-9-14(6-7-14)8-11-4-3-5-12(16)13(11)15/h3-5,10,17H,6-9H2,1-2H3. The minimum atomic E-state index is -0.309. The second-order valence-electron chi connectivity index (χ2n) is 5.43. The summed E-state index contributed by atoms with van der Waals surface area (Å²) >= 11 is 5.99. The summed E-state index contributed by atoms with van der Waals surface area (Å²) < 4.78 is 13.3. The third-order valence-electron chi connectivity index (χ3n) is 3.44. The molecule has 1 nitrogen and oxygen atoms in total. The van der Waals surface area contributed by atoms with E-state index < -0.39 is 0 Å². The molecule has 3 heteroatoms. The van der Waals surface area contributed by atoms with Gasteiger partial charge in [-0.1, -0.05) is 37.6 Å². The monoisotopic (exact) mass is 255 g/mol. The van der Waals surface area contributed by atoms with Crippen LogP contribution >= 0.6 is 11.6 Å². The molecule has 0 spiro atoms. The van der Waals surface area contributed by atoms with Crippen LogP contribution < -0.4 is 5.32 Å². The summed E-state index contributed by atoms with van der Waals surface area (Å²) in [4.78, 5) is 0. The predicted octanol–water partition coefficient (Wildman–Crippen LogP) is 3.80. The summed E-state index contributed by atoms with van der Waals surface area (Å²) in [5.74, 6) is -0.309. The zero-order chi connectivity index (χ0) is 12.5. The zero-order valence-corrected chi connectivity index (χ0v) is 11.1. The van der Waals surface area contributed by atoms with Crippen LogP contribution in [0.15, 0.2) is 18.2 Å². The van der Waals surface area contributed by atoms with Gasteiger partial charge < -0.3 is 5.32 Å². The molecule has 0 radical (unpaired) electrons. The van der Waals surface area contributed by atoms with Crippen molar-refractivity contribution in [1.29, 1.82) is 0 Å². The van der Waals surface area contributed by atoms with Gasteiger partial charge in [0.05, 0.1) is 5.02 Å². The average molecular weight is 256 g/mol. The maximum absolute atomic E-state index is 13.3. The number of rotatable bonds is 5. The van der Waals surface area contributed by atoms with Gasteiger partial charge in [-0.15, -0.1) is 0 Å². The first-order valence-corrected chi connectivity index (χ1v) is 6.56. The maximum atomic E-state index is 13.3. The molecule has 94 valence electrons. The molecule has 0 aromatic heterocycles. The molecule has 0 bridgehead atoms. The van der Waals surface area contributed by atoms with Crippen LogP contribution in [0, 0.1) is 11.2 Å². The van der Waals surface area contributed by atoms with Crippen molar-refractivity contribution in [2.75, 3.05) is 6.54 Å². The topological polar surface area (TPSA) is 12.0 Å². The minimum Gasteiger partial charge on any atom is -0.314 e. The molecule has 1 N–H and O–H groups in total. The zero-order valence-electron chi connectivity index (χ0n) is 10.4. The summed E-state index contributed by atoms with van der Waals surface area (Å²) in [6, 6.07) is 5.58. The Morgan fingerprint density at radius 1 is 1.41 bits per heavy atom. The van der Waals surface area contributed by atoms with Gasteiger partial charge in [-0.2, -0.15) is 0 Å². The Kier molecular flexibility index (Phi) is 3.74. The van der Waals surface area contributed by atoms with E-state index in [0.29, 0.717) is 16.5 Å². The molecule has 2 rings (SSSR count). The molecule has 1 aliphatic rings. The summed E-state index contributed by atoms with van der Waals surface area (Å²) in [7, 11) is 0. The van der Waals surface area contributed by atoms with Gasteiger partial charge in [-0.3, -0.25) is 0 Å². The normalized spacial score (nSPS) is 17.5. The molecule has 1 saturated carbocycles. The Labute approximate surface area is 107 Å². The van der Waals surface area contributed by atoms with Gasteiger partial charge in [-0.25, -0.2) is 4.39 Å². The molecule has 0 amide bonds. The highest BCUT2D eigenvalue weighted by atomic mass is 35.5. The van der Waals surface area contributed by atoms with Crippen molar-refractivity contribution in [3.8, 4) is 0 Å². The van der Waals surface area contributed by atoms with Crippen LogP contribution in [0.25, 0.3) is 0 Å². The van der Waals surface area contributed by atoms with Gasteiger partial charge >= 0.3 is 0 Å². The smallest absolute Gasteiger partial charge is 0.142 e. The maximum Gasteiger partial charge on any atom is 0.142 e. The van der Waals surface area contributed by atoms with Gasteiger partial charge in [0.1, 0.15) is 5.82 Å². The lowest BCUT2D eigenvalue weighted by atomic mass is 9.96. The lowest BCUT2D eigenvalue weighted by molar-refractivity contribution is 0.429. The fourth-order valence-corrected chi connectivity index (χ4v) is 2.30. The van der Waals surface area contributed by atoms with Crippen molar-refractivity contribution in [1.82, 2.24) is 5.32 Å². The number of halogens is 2. The fraction of sp³-hybridized carbons (Fsp3) is 0.571. The van der Waals surface area contributed by atoms with E-state index in [1.165, 1.54) is 18.9 Å². The van der Waals surface area contributed by atoms with Crippen LogP contribution in [0.3, 0.4) is 0 Å². The highest BCUT2D eigenvalue weighted by molar-refractivity contribution is 6.31. The number of nitrogens with one attached hydrogen (secondary N) is 1. The van der Waals surface area contributed by atoms with Crippen LogP contribution in [-0.2, 0) is 6.42 Å². The van der Waals surface area contributed by atoms with Crippen molar-refractivity contribution < 1.29 is 4.39 Å². The lowest BCUT2D eigenvalue weighted by Crippen LogP contribution is -2.31. The Bertz CT molecular complexity index is 399. The molecule has 0 aliphatic heterocycles. The van der Waals surface area contributed by atoms with E-state index in [9.17, 15) is 4.39 Å². The largest absolute Gasteiger partial charge is 0.314 e. The predicted molar refractivity (Wildman–Crippen MR) is 69.9 cm³/mol. The summed E-state index contributed by atoms with van der Waals surface area (Å²) in [6.07, 6.45) is 3.29. The molecule has 1 aromatic rings. The summed E-state index contributed by atoms with van der Waals surface area (Å²) in [5.41, 5.74) is 1.25. The molecular weight excluding hydrogens is 237 g/mol. The van der Waals surface area contributed by atoms with Crippen molar-refractivity contribution in [2.45, 2.75) is 39.2 Å². The average Bonchev–Trinajstić information content (AvgIpc) is 3.03. The first kappa shape index (κ1) is 12.8. The van der Waals surface area contributed by atoms with Gasteiger partial charge in [-0.05, 0) is 36.3 Å². The van der Waals surface area contributed by atoms with Gasteiger partial charge in [0, 0.05) is 12.6 Å². The lowest BCUT2D eigenvalue weighted by Gasteiger charge is -2.18. The molecule has 1 aromatic carbocycles. The fourth-order valence-electron chi connectivity index (χ4n) is 2.10. The van der Waals surface area contributed by atoms with Crippen LogP contribution in [0.2, 0.25) is 5.02 Å². The first-order chi connectivity index (χ1) is 8.02. The molecule has 0 unspecified atom stereocenters. The van der Waals surface area contributed by atoms with Crippen LogP contribution in [0.1, 0.15) is 32.3 Å². The Morgan fingerprint density at radius 2 is 2.12 bits per heavy atom. The van der Waals surface area contributed by atoms with Crippen molar-refractivity contribution in [3.63, 3.8) is 0 Å². The molecule has 0 atom stereocenters. The third-order valence-corrected chi connectivity index (χ3v) is 3.86. The van der Waals surface area contributed by atoms with E-state index in [2.05, 4.69) is 19.2 Å². The quantitative estimate of drug-likeness (QED) is 0.844. The van der Waals surface area contributed by atoms with Gasteiger partial charge in [0.25, 0.3) is 0 Å². The van der Waals surface area contributed by atoms with E-state index in [1.54, 1.807) is 6.07 Å². The van der Waals surface area contributed by atoms with Crippen molar-refractivity contribution in [3.05, 3.63) is 34.6 Å². The summed E-state index contributed by atoms with van der Waals surface area (Å²) in [5, 5.41) is 3.76. The number of benzene rings is 1. The van der Waals surface area contributed by atoms with Crippen LogP contribution in [-0.4, -0.2) is 12.6 Å². The van der Waals surface area contributed by atoms with E-state index in [-0.39, 0.29) is 5.82 Å². The van der Waals surface area contributed by atoms with E-state index in [1.807, 2.05) is 6.07 Å². The Balaban J connectivity index is 2.03. The van der Waals surface area contributed by atoms with Gasteiger partial charge in [0.2, 0.25) is 0 Å². The second kappa shape index (κ2) is 4.95. The summed E-state index contributed by atoms with van der Waals surface area (Å²) in [6.45, 7) is 5.29. The highest BCUT2D eigenvalue weighted by Gasteiger charge is 2.42. The van der Waals surface area contributed by atoms with Crippen molar-refractivity contribution >= 4 is 11.6 Å². The Hall–Kier alpha value is -0.600. The van der Waals surface area contributed by atoms with E-state index >= 15 is 0 Å². The highest BCUT2D eigenvalue weighted by Crippen LogP contribution is 2.48. The van der Waals surface area contributed by atoms with Gasteiger partial charge in [0.15, 0.2) is 0 Å². The number of hydrogen-bond acceptors (Lipinski definition) is 1. The molecule has 17 heavy (non-hydrogen) atoms. The van der Waals surface area contributed by atoms with E-state index in [4.69, 9.17) is 11.6 Å². The first-order valence-electron chi connectivity index (χ1n) is 6.19. The minimum absolute atomic E-state index is 0.295. The van der Waals surface area contributed by atoms with Crippen molar-refractivity contribution in [2.24, 2.45) is 5.41 Å². The molecule has 1 aliphatic carbocycles. The van der Waals surface area contributed by atoms with Crippen LogP contribution in [0.5, 0.6) is 0 Å². The Morgan fingerprint density at radius 3 is 2.71 bits per heavy atom. The molecular formula is C14H19ClFN. The molecule has 0 heterocycles. The van der Waals surface area contributed by atoms with E-state index in [0.717, 1.165) is 18.5 Å². The molecule has 0 saturated heterocycles. The SMILES string of the molecule is CC(C)NCC1(Cc2cccc(F)c2Cl)CC1. The third kappa shape index (κ3) is 3.20. The molecule has 1 fully saturated rings.